The Labute approximate surface area is 191 Å². The zero-order valence-electron chi connectivity index (χ0n) is 19.4. The van der Waals surface area contributed by atoms with E-state index in [1.54, 1.807) is 45.0 Å². The summed E-state index contributed by atoms with van der Waals surface area (Å²) < 4.78 is 35.0. The van der Waals surface area contributed by atoms with Crippen LogP contribution in [0.15, 0.2) is 40.8 Å². The van der Waals surface area contributed by atoms with Crippen LogP contribution in [0.2, 0.25) is 0 Å². The van der Waals surface area contributed by atoms with E-state index in [1.165, 1.54) is 10.4 Å². The summed E-state index contributed by atoms with van der Waals surface area (Å²) in [5.41, 5.74) is -0.403. The molecule has 32 heavy (non-hydrogen) atoms. The second-order valence-corrected chi connectivity index (χ2v) is 12.4. The molecule has 2 aliphatic carbocycles. The average Bonchev–Trinajstić information content (AvgIpc) is 3.20. The lowest BCUT2D eigenvalue weighted by molar-refractivity contribution is -0.168. The molecule has 1 heterocycles. The van der Waals surface area contributed by atoms with Gasteiger partial charge in [0, 0.05) is 19.0 Å². The maximum absolute atomic E-state index is 13.8. The van der Waals surface area contributed by atoms with Crippen LogP contribution >= 0.6 is 0 Å². The fraction of sp³-hybridized carbons (Fsp3) is 0.600. The Balaban J connectivity index is 1.84. The normalized spacial score (nSPS) is 27.3. The molecular formula is C25H33NO5S. The van der Waals surface area contributed by atoms with E-state index >= 15 is 0 Å². The number of carbonyl (C=O) groups excluding carboxylic acids is 2. The summed E-state index contributed by atoms with van der Waals surface area (Å²) in [4.78, 5) is 26.5. The molecule has 0 bridgehead atoms. The van der Waals surface area contributed by atoms with Crippen molar-refractivity contribution in [2.24, 2.45) is 11.3 Å². The number of rotatable bonds is 4. The molecule has 0 radical (unpaired) electrons. The minimum absolute atomic E-state index is 0.00768. The van der Waals surface area contributed by atoms with Crippen molar-refractivity contribution >= 4 is 21.8 Å². The zero-order chi connectivity index (χ0) is 23.3. The first-order valence-corrected chi connectivity index (χ1v) is 12.9. The van der Waals surface area contributed by atoms with Crippen molar-refractivity contribution in [2.75, 3.05) is 6.54 Å². The van der Waals surface area contributed by atoms with E-state index in [-0.39, 0.29) is 29.6 Å². The number of aryl methyl sites for hydroxylation is 1. The highest BCUT2D eigenvalue weighted by atomic mass is 32.2. The Kier molecular flexibility index (Phi) is 5.87. The number of benzene rings is 1. The SMILES string of the molecule is Cc1ccc(S(=O)(=O)N2CC3=CC(=O)CC3(C(=O)OC(C)(C)C)[C@@H]2C2CCCCC2)cc1. The largest absolute Gasteiger partial charge is 0.459 e. The van der Waals surface area contributed by atoms with Gasteiger partial charge in [-0.1, -0.05) is 37.0 Å². The van der Waals surface area contributed by atoms with E-state index < -0.39 is 33.1 Å². The van der Waals surface area contributed by atoms with Gasteiger partial charge in [0.05, 0.1) is 4.90 Å². The monoisotopic (exact) mass is 459 g/mol. The van der Waals surface area contributed by atoms with Crippen LogP contribution in [0.25, 0.3) is 0 Å². The third kappa shape index (κ3) is 3.94. The van der Waals surface area contributed by atoms with E-state index in [1.807, 2.05) is 6.92 Å². The highest BCUT2D eigenvalue weighted by Crippen LogP contribution is 2.55. The fourth-order valence-corrected chi connectivity index (χ4v) is 7.33. The second kappa shape index (κ2) is 8.10. The fourth-order valence-electron chi connectivity index (χ4n) is 5.62. The van der Waals surface area contributed by atoms with Crippen molar-refractivity contribution in [3.8, 4) is 0 Å². The molecule has 1 aromatic carbocycles. The van der Waals surface area contributed by atoms with Gasteiger partial charge >= 0.3 is 5.97 Å². The minimum Gasteiger partial charge on any atom is -0.459 e. The van der Waals surface area contributed by atoms with Gasteiger partial charge in [-0.15, -0.1) is 0 Å². The molecular weight excluding hydrogens is 426 g/mol. The zero-order valence-corrected chi connectivity index (χ0v) is 20.2. The summed E-state index contributed by atoms with van der Waals surface area (Å²) >= 11 is 0. The summed E-state index contributed by atoms with van der Waals surface area (Å²) in [5.74, 6) is -0.591. The standard InChI is InChI=1S/C25H33NO5S/c1-17-10-12-21(13-11-17)32(29,30)26-16-19-14-20(27)15-25(19,23(28)31-24(2,3)4)22(26)18-8-6-5-7-9-18/h10-14,18,22H,5-9,15-16H2,1-4H3/t22-,25?/m0/s1. The summed E-state index contributed by atoms with van der Waals surface area (Å²) in [6.45, 7) is 7.37. The Morgan fingerprint density at radius 2 is 1.72 bits per heavy atom. The molecule has 1 aliphatic heterocycles. The number of hydrogen-bond acceptors (Lipinski definition) is 5. The lowest BCUT2D eigenvalue weighted by atomic mass is 9.69. The van der Waals surface area contributed by atoms with Gasteiger partial charge in [-0.3, -0.25) is 9.59 Å². The number of ketones is 1. The van der Waals surface area contributed by atoms with E-state index in [9.17, 15) is 18.0 Å². The van der Waals surface area contributed by atoms with Gasteiger partial charge in [0.25, 0.3) is 0 Å². The van der Waals surface area contributed by atoms with Crippen molar-refractivity contribution in [3.05, 3.63) is 41.5 Å². The Morgan fingerprint density at radius 1 is 1.09 bits per heavy atom. The van der Waals surface area contributed by atoms with E-state index in [0.29, 0.717) is 5.57 Å². The highest BCUT2D eigenvalue weighted by Gasteiger charge is 2.65. The van der Waals surface area contributed by atoms with Crippen LogP contribution in [0.3, 0.4) is 0 Å². The Morgan fingerprint density at radius 3 is 2.31 bits per heavy atom. The number of nitrogens with zero attached hydrogens (tertiary/aromatic N) is 1. The van der Waals surface area contributed by atoms with Crippen LogP contribution in [0.4, 0.5) is 0 Å². The molecule has 6 nitrogen and oxygen atoms in total. The lowest BCUT2D eigenvalue weighted by Crippen LogP contribution is -2.53. The van der Waals surface area contributed by atoms with E-state index in [0.717, 1.165) is 37.7 Å². The summed E-state index contributed by atoms with van der Waals surface area (Å²) in [7, 11) is -3.86. The predicted molar refractivity (Wildman–Crippen MR) is 121 cm³/mol. The molecule has 7 heteroatoms. The topological polar surface area (TPSA) is 80.8 Å². The van der Waals surface area contributed by atoms with Gasteiger partial charge in [0.1, 0.15) is 11.0 Å². The molecule has 0 aromatic heterocycles. The third-order valence-corrected chi connectivity index (χ3v) is 8.83. The number of hydrogen-bond donors (Lipinski definition) is 0. The first kappa shape index (κ1) is 23.2. The maximum Gasteiger partial charge on any atom is 0.318 e. The second-order valence-electron chi connectivity index (χ2n) is 10.5. The summed E-state index contributed by atoms with van der Waals surface area (Å²) in [6.07, 6.45) is 6.26. The van der Waals surface area contributed by atoms with Crippen molar-refractivity contribution in [2.45, 2.75) is 82.8 Å². The molecule has 174 valence electrons. The average molecular weight is 460 g/mol. The smallest absolute Gasteiger partial charge is 0.318 e. The number of carbonyl (C=O) groups is 2. The van der Waals surface area contributed by atoms with Gasteiger partial charge in [-0.2, -0.15) is 4.31 Å². The molecule has 1 saturated carbocycles. The molecule has 4 rings (SSSR count). The van der Waals surface area contributed by atoms with Crippen molar-refractivity contribution in [1.82, 2.24) is 4.31 Å². The van der Waals surface area contributed by atoms with Crippen molar-refractivity contribution in [1.29, 1.82) is 0 Å². The number of esters is 1. The van der Waals surface area contributed by atoms with Crippen LogP contribution in [-0.4, -0.2) is 42.7 Å². The summed E-state index contributed by atoms with van der Waals surface area (Å²) in [5, 5.41) is 0. The minimum atomic E-state index is -3.86. The first-order chi connectivity index (χ1) is 14.9. The van der Waals surface area contributed by atoms with Gasteiger partial charge in [0.2, 0.25) is 10.0 Å². The number of allylic oxidation sites excluding steroid dienone is 1. The molecule has 3 aliphatic rings. The van der Waals surface area contributed by atoms with Crippen LogP contribution in [-0.2, 0) is 24.3 Å². The molecule has 0 spiro atoms. The van der Waals surface area contributed by atoms with E-state index in [2.05, 4.69) is 0 Å². The Hall–Kier alpha value is -1.99. The van der Waals surface area contributed by atoms with E-state index in [4.69, 9.17) is 4.74 Å². The van der Waals surface area contributed by atoms with Crippen LogP contribution < -0.4 is 0 Å². The first-order valence-electron chi connectivity index (χ1n) is 11.5. The van der Waals surface area contributed by atoms with Crippen LogP contribution in [0.1, 0.15) is 64.9 Å². The number of sulfonamides is 1. The maximum atomic E-state index is 13.8. The van der Waals surface area contributed by atoms with Gasteiger partial charge < -0.3 is 4.74 Å². The number of fused-ring (bicyclic) bond motifs is 1. The predicted octanol–water partition coefficient (Wildman–Crippen LogP) is 4.18. The molecule has 1 unspecified atom stereocenters. The van der Waals surface area contributed by atoms with Gasteiger partial charge in [0.15, 0.2) is 5.78 Å². The van der Waals surface area contributed by atoms with Crippen LogP contribution in [0.5, 0.6) is 0 Å². The lowest BCUT2D eigenvalue weighted by Gasteiger charge is -2.41. The van der Waals surface area contributed by atoms with Crippen molar-refractivity contribution < 1.29 is 22.7 Å². The van der Waals surface area contributed by atoms with Crippen LogP contribution in [0, 0.1) is 18.3 Å². The molecule has 2 fully saturated rings. The third-order valence-electron chi connectivity index (χ3n) is 6.99. The van der Waals surface area contributed by atoms with Gasteiger partial charge in [-0.25, -0.2) is 8.42 Å². The van der Waals surface area contributed by atoms with Gasteiger partial charge in [-0.05, 0) is 70.2 Å². The molecule has 0 amide bonds. The highest BCUT2D eigenvalue weighted by molar-refractivity contribution is 7.89. The molecule has 1 saturated heterocycles. The Bertz CT molecular complexity index is 1040. The van der Waals surface area contributed by atoms with Crippen molar-refractivity contribution in [3.63, 3.8) is 0 Å². The molecule has 0 N–H and O–H groups in total. The number of ether oxygens (including phenoxy) is 1. The summed E-state index contributed by atoms with van der Waals surface area (Å²) in [6, 6.07) is 6.20. The molecule has 2 atom stereocenters. The molecule has 1 aromatic rings. The quantitative estimate of drug-likeness (QED) is 0.631.